The van der Waals surface area contributed by atoms with E-state index in [1.807, 2.05) is 18.2 Å². The maximum absolute atomic E-state index is 12.8. The van der Waals surface area contributed by atoms with Crippen molar-refractivity contribution in [1.29, 1.82) is 0 Å². The summed E-state index contributed by atoms with van der Waals surface area (Å²) in [6.45, 7) is 0.524. The minimum absolute atomic E-state index is 0.0182. The van der Waals surface area contributed by atoms with Crippen LogP contribution in [0.4, 0.5) is 18.9 Å². The molecule has 1 heterocycles. The van der Waals surface area contributed by atoms with Crippen LogP contribution in [-0.4, -0.2) is 23.6 Å². The predicted octanol–water partition coefficient (Wildman–Crippen LogP) is 4.65. The van der Waals surface area contributed by atoms with Gasteiger partial charge in [-0.3, -0.25) is 9.59 Å². The van der Waals surface area contributed by atoms with Crippen LogP contribution in [0.1, 0.15) is 30.4 Å². The highest BCUT2D eigenvalue weighted by molar-refractivity contribution is 8.01. The summed E-state index contributed by atoms with van der Waals surface area (Å²) < 4.78 is 38.4. The van der Waals surface area contributed by atoms with Crippen molar-refractivity contribution in [2.45, 2.75) is 42.0 Å². The Kier molecular flexibility index (Phi) is 6.84. The summed E-state index contributed by atoms with van der Waals surface area (Å²) in [5.74, 6) is -0.700. The third-order valence-electron chi connectivity index (χ3n) is 4.55. The van der Waals surface area contributed by atoms with E-state index in [0.717, 1.165) is 43.2 Å². The van der Waals surface area contributed by atoms with Crippen molar-refractivity contribution >= 4 is 29.3 Å². The second kappa shape index (κ2) is 9.35. The maximum atomic E-state index is 12.8. The molecule has 0 saturated heterocycles. The van der Waals surface area contributed by atoms with Gasteiger partial charge in [0.1, 0.15) is 0 Å². The highest BCUT2D eigenvalue weighted by Crippen LogP contribution is 2.40. The molecule has 2 amide bonds. The van der Waals surface area contributed by atoms with E-state index in [-0.39, 0.29) is 18.0 Å². The van der Waals surface area contributed by atoms with Crippen molar-refractivity contribution < 1.29 is 22.8 Å². The molecular formula is C21H21F3N2O2S. The molecule has 0 aliphatic carbocycles. The van der Waals surface area contributed by atoms with Gasteiger partial charge in [-0.15, -0.1) is 11.8 Å². The average Bonchev–Trinajstić information content (AvgIpc) is 2.68. The number of thioether (sulfide) groups is 1. The van der Waals surface area contributed by atoms with Crippen LogP contribution in [0.5, 0.6) is 0 Å². The largest absolute Gasteiger partial charge is 0.416 e. The number of rotatable bonds is 7. The van der Waals surface area contributed by atoms with Crippen molar-refractivity contribution in [2.24, 2.45) is 0 Å². The van der Waals surface area contributed by atoms with Gasteiger partial charge in [-0.2, -0.15) is 13.2 Å². The van der Waals surface area contributed by atoms with Crippen LogP contribution in [0, 0.1) is 0 Å². The summed E-state index contributed by atoms with van der Waals surface area (Å²) in [6, 6.07) is 13.3. The van der Waals surface area contributed by atoms with Crippen molar-refractivity contribution in [3.63, 3.8) is 0 Å². The summed E-state index contributed by atoms with van der Waals surface area (Å²) in [6.07, 6.45) is -1.78. The first-order chi connectivity index (χ1) is 13.8. The highest BCUT2D eigenvalue weighted by atomic mass is 32.2. The van der Waals surface area contributed by atoms with Crippen molar-refractivity contribution in [3.05, 3.63) is 59.7 Å². The van der Waals surface area contributed by atoms with E-state index < -0.39 is 22.9 Å². The molecule has 1 aliphatic heterocycles. The van der Waals surface area contributed by atoms with Crippen LogP contribution in [0.25, 0.3) is 0 Å². The molecule has 2 aromatic rings. The highest BCUT2D eigenvalue weighted by Gasteiger charge is 2.34. The van der Waals surface area contributed by atoms with E-state index >= 15 is 0 Å². The number of amides is 2. The van der Waals surface area contributed by atoms with Crippen LogP contribution >= 0.6 is 11.8 Å². The summed E-state index contributed by atoms with van der Waals surface area (Å²) in [5, 5.41) is 4.63. The molecule has 2 aromatic carbocycles. The number of anilines is 1. The van der Waals surface area contributed by atoms with Gasteiger partial charge >= 0.3 is 6.18 Å². The normalized spacial score (nSPS) is 16.1. The first-order valence-corrected chi connectivity index (χ1v) is 10.2. The summed E-state index contributed by atoms with van der Waals surface area (Å²) in [5.41, 5.74) is 0.567. The van der Waals surface area contributed by atoms with E-state index in [9.17, 15) is 22.8 Å². The quantitative estimate of drug-likeness (QED) is 0.639. The van der Waals surface area contributed by atoms with Gasteiger partial charge in [0.05, 0.1) is 16.5 Å². The molecule has 8 heteroatoms. The van der Waals surface area contributed by atoms with Gasteiger partial charge in [0.25, 0.3) is 0 Å². The molecule has 1 aliphatic rings. The Hall–Kier alpha value is -2.48. The fourth-order valence-corrected chi connectivity index (χ4v) is 4.12. The predicted molar refractivity (Wildman–Crippen MR) is 107 cm³/mol. The number of fused-ring (bicyclic) bond motifs is 1. The molecule has 0 bridgehead atoms. The van der Waals surface area contributed by atoms with E-state index in [4.69, 9.17) is 0 Å². The first kappa shape index (κ1) is 21.2. The lowest BCUT2D eigenvalue weighted by Gasteiger charge is -2.24. The second-order valence-electron chi connectivity index (χ2n) is 6.80. The molecule has 1 atom stereocenters. The third kappa shape index (κ3) is 6.00. The van der Waals surface area contributed by atoms with E-state index in [2.05, 4.69) is 22.8 Å². The second-order valence-corrected chi connectivity index (χ2v) is 8.05. The van der Waals surface area contributed by atoms with Crippen LogP contribution in [0.2, 0.25) is 0 Å². The number of nitrogens with one attached hydrogen (secondary N) is 2. The third-order valence-corrected chi connectivity index (χ3v) is 5.83. The number of carbonyl (C=O) groups excluding carboxylic acids is 2. The number of hydrogen-bond donors (Lipinski definition) is 2. The van der Waals surface area contributed by atoms with Crippen molar-refractivity contribution in [1.82, 2.24) is 5.32 Å². The van der Waals surface area contributed by atoms with Crippen LogP contribution in [0.15, 0.2) is 53.4 Å². The van der Waals surface area contributed by atoms with E-state index in [1.54, 1.807) is 0 Å². The Balaban J connectivity index is 1.44. The molecule has 4 nitrogen and oxygen atoms in total. The lowest BCUT2D eigenvalue weighted by molar-refractivity contribution is -0.137. The Bertz CT molecular complexity index is 872. The zero-order valence-electron chi connectivity index (χ0n) is 15.6. The molecule has 154 valence electrons. The number of aryl methyl sites for hydroxylation is 1. The molecule has 0 saturated carbocycles. The fourth-order valence-electron chi connectivity index (χ4n) is 3.03. The molecule has 2 N–H and O–H groups in total. The molecule has 0 radical (unpaired) electrons. The molecule has 0 unspecified atom stereocenters. The minimum atomic E-state index is -4.47. The maximum Gasteiger partial charge on any atom is 0.416 e. The number of benzene rings is 2. The minimum Gasteiger partial charge on any atom is -0.356 e. The van der Waals surface area contributed by atoms with Crippen LogP contribution in [-0.2, 0) is 22.2 Å². The molecule has 29 heavy (non-hydrogen) atoms. The monoisotopic (exact) mass is 422 g/mol. The van der Waals surface area contributed by atoms with Gasteiger partial charge in [-0.05, 0) is 43.0 Å². The zero-order chi connectivity index (χ0) is 20.9. The zero-order valence-corrected chi connectivity index (χ0v) is 16.4. The summed E-state index contributed by atoms with van der Waals surface area (Å²) >= 11 is 1.11. The van der Waals surface area contributed by atoms with Gasteiger partial charge in [0.2, 0.25) is 11.8 Å². The number of carbonyl (C=O) groups is 2. The lowest BCUT2D eigenvalue weighted by Crippen LogP contribution is -2.35. The van der Waals surface area contributed by atoms with Gasteiger partial charge < -0.3 is 10.6 Å². The Morgan fingerprint density at radius 1 is 1.10 bits per heavy atom. The van der Waals surface area contributed by atoms with Gasteiger partial charge in [-0.25, -0.2) is 0 Å². The van der Waals surface area contributed by atoms with E-state index in [0.29, 0.717) is 11.4 Å². The topological polar surface area (TPSA) is 58.2 Å². The molecule has 0 fully saturated rings. The molecule has 3 rings (SSSR count). The number of halogens is 3. The van der Waals surface area contributed by atoms with E-state index in [1.165, 1.54) is 11.6 Å². The molecule has 0 aromatic heterocycles. The van der Waals surface area contributed by atoms with Crippen molar-refractivity contribution in [3.8, 4) is 0 Å². The SMILES string of the molecule is O=C(C[C@@H]1Sc2ccc(C(F)(F)F)cc2NC1=O)NCCCCc1ccccc1. The summed E-state index contributed by atoms with van der Waals surface area (Å²) in [4.78, 5) is 24.9. The number of unbranched alkanes of at least 4 members (excludes halogenated alkanes) is 1. The Morgan fingerprint density at radius 2 is 1.86 bits per heavy atom. The average molecular weight is 422 g/mol. The first-order valence-electron chi connectivity index (χ1n) is 9.32. The van der Waals surface area contributed by atoms with Crippen molar-refractivity contribution in [2.75, 3.05) is 11.9 Å². The Morgan fingerprint density at radius 3 is 2.59 bits per heavy atom. The summed E-state index contributed by atoms with van der Waals surface area (Å²) in [7, 11) is 0. The Labute approximate surface area is 171 Å². The lowest BCUT2D eigenvalue weighted by atomic mass is 10.1. The van der Waals surface area contributed by atoms with Gasteiger partial charge in [0.15, 0.2) is 0 Å². The van der Waals surface area contributed by atoms with Crippen LogP contribution < -0.4 is 10.6 Å². The molecular weight excluding hydrogens is 401 g/mol. The van der Waals surface area contributed by atoms with Gasteiger partial charge in [-0.1, -0.05) is 30.3 Å². The van der Waals surface area contributed by atoms with Crippen LogP contribution in [0.3, 0.4) is 0 Å². The fraction of sp³-hybridized carbons (Fsp3) is 0.333. The van der Waals surface area contributed by atoms with Gasteiger partial charge in [0, 0.05) is 17.9 Å². The standard InChI is InChI=1S/C21H21F3N2O2S/c22-21(23,24)15-9-10-17-16(12-15)26-20(28)18(29-17)13-19(27)25-11-5-4-8-14-6-2-1-3-7-14/h1-3,6-7,9-10,12,18H,4-5,8,11,13H2,(H,25,27)(H,26,28)/t18-/m0/s1. The smallest absolute Gasteiger partial charge is 0.356 e. The number of hydrogen-bond acceptors (Lipinski definition) is 3. The number of alkyl halides is 3. The molecule has 0 spiro atoms.